The Morgan fingerprint density at radius 3 is 2.59 bits per heavy atom. The highest BCUT2D eigenvalue weighted by Gasteiger charge is 2.67. The average molecular weight is 565 g/mol. The van der Waals surface area contributed by atoms with Crippen LogP contribution in [0.15, 0.2) is 69.3 Å². The number of halogens is 1. The molecule has 37 heavy (non-hydrogen) atoms. The lowest BCUT2D eigenvalue weighted by molar-refractivity contribution is -0.138. The predicted octanol–water partition coefficient (Wildman–Crippen LogP) is 2.09. The van der Waals surface area contributed by atoms with Gasteiger partial charge >= 0.3 is 0 Å². The van der Waals surface area contributed by atoms with Crippen LogP contribution in [-0.2, 0) is 19.7 Å². The van der Waals surface area contributed by atoms with Crippen LogP contribution in [0.4, 0.5) is 5.69 Å². The molecule has 4 aliphatic rings. The fourth-order valence-corrected chi connectivity index (χ4v) is 6.61. The second kappa shape index (κ2) is 8.61. The number of ether oxygens (including phenoxy) is 1. The number of benzene rings is 2. The lowest BCUT2D eigenvalue weighted by atomic mass is 9.70. The van der Waals surface area contributed by atoms with E-state index in [4.69, 9.17) is 9.73 Å². The zero-order chi connectivity index (χ0) is 26.1. The average Bonchev–Trinajstić information content (AvgIpc) is 3.46. The number of fused-ring (bicyclic) bond motifs is 2. The third kappa shape index (κ3) is 3.15. The summed E-state index contributed by atoms with van der Waals surface area (Å²) < 4.78 is 5.96. The quantitative estimate of drug-likeness (QED) is 0.558. The van der Waals surface area contributed by atoms with Gasteiger partial charge in [0.25, 0.3) is 17.7 Å². The number of carbonyl (C=O) groups excluding carboxylic acids is 3. The SMILES string of the molecule is COCCN1C(=O)C2=C(C1=O)C1N(C)c3ccccc3C13CC(CO)N(C(=O)c1ccc(Br)cc1)C3=N2. The number of rotatable bonds is 5. The van der Waals surface area contributed by atoms with Crippen molar-refractivity contribution in [3.05, 3.63) is 75.4 Å². The molecule has 1 fully saturated rings. The number of aliphatic hydroxyl groups excluding tert-OH is 1. The topological polar surface area (TPSA) is 103 Å². The lowest BCUT2D eigenvalue weighted by Gasteiger charge is -2.38. The fourth-order valence-electron chi connectivity index (χ4n) is 6.34. The zero-order valence-corrected chi connectivity index (χ0v) is 21.9. The number of hydrogen-bond donors (Lipinski definition) is 1. The summed E-state index contributed by atoms with van der Waals surface area (Å²) in [7, 11) is 3.41. The summed E-state index contributed by atoms with van der Waals surface area (Å²) in [5, 5.41) is 10.5. The van der Waals surface area contributed by atoms with Crippen molar-refractivity contribution >= 4 is 45.2 Å². The number of likely N-dealkylation sites (tertiary alicyclic amines) is 1. The van der Waals surface area contributed by atoms with Gasteiger partial charge in [0, 0.05) is 29.9 Å². The van der Waals surface area contributed by atoms with Gasteiger partial charge < -0.3 is 14.7 Å². The molecule has 1 N–H and O–H groups in total. The van der Waals surface area contributed by atoms with E-state index in [-0.39, 0.29) is 37.3 Å². The van der Waals surface area contributed by atoms with Gasteiger partial charge in [-0.2, -0.15) is 0 Å². The van der Waals surface area contributed by atoms with Crippen molar-refractivity contribution in [3.8, 4) is 0 Å². The van der Waals surface area contributed by atoms with Crippen molar-refractivity contribution < 1.29 is 24.2 Å². The minimum Gasteiger partial charge on any atom is -0.394 e. The summed E-state index contributed by atoms with van der Waals surface area (Å²) in [6, 6.07) is 13.7. The van der Waals surface area contributed by atoms with Crippen molar-refractivity contribution in [2.75, 3.05) is 38.8 Å². The Morgan fingerprint density at radius 2 is 1.89 bits per heavy atom. The number of amides is 3. The van der Waals surface area contributed by atoms with Crippen LogP contribution in [0.1, 0.15) is 22.3 Å². The van der Waals surface area contributed by atoms with E-state index in [1.165, 1.54) is 16.9 Å². The smallest absolute Gasteiger partial charge is 0.280 e. The van der Waals surface area contributed by atoms with Gasteiger partial charge in [0.2, 0.25) is 0 Å². The number of methoxy groups -OCH3 is 1. The predicted molar refractivity (Wildman–Crippen MR) is 139 cm³/mol. The summed E-state index contributed by atoms with van der Waals surface area (Å²) in [6.07, 6.45) is 0.368. The summed E-state index contributed by atoms with van der Waals surface area (Å²) in [6.45, 7) is 0.0403. The van der Waals surface area contributed by atoms with Crippen molar-refractivity contribution in [2.24, 2.45) is 4.99 Å². The molecule has 6 rings (SSSR count). The second-order valence-corrected chi connectivity index (χ2v) is 10.6. The Balaban J connectivity index is 1.56. The van der Waals surface area contributed by atoms with Gasteiger partial charge in [-0.25, -0.2) is 4.99 Å². The van der Waals surface area contributed by atoms with E-state index in [0.29, 0.717) is 23.4 Å². The van der Waals surface area contributed by atoms with Crippen LogP contribution in [0, 0.1) is 0 Å². The number of carbonyl (C=O) groups is 3. The second-order valence-electron chi connectivity index (χ2n) is 9.68. The highest BCUT2D eigenvalue weighted by molar-refractivity contribution is 9.10. The molecule has 190 valence electrons. The zero-order valence-electron chi connectivity index (χ0n) is 20.3. The number of anilines is 1. The molecule has 0 radical (unpaired) electrons. The van der Waals surface area contributed by atoms with E-state index in [1.54, 1.807) is 24.3 Å². The Kier molecular flexibility index (Phi) is 5.59. The molecule has 0 aromatic heterocycles. The summed E-state index contributed by atoms with van der Waals surface area (Å²) in [4.78, 5) is 50.6. The van der Waals surface area contributed by atoms with Crippen molar-refractivity contribution in [1.29, 1.82) is 0 Å². The molecule has 3 amide bonds. The Hall–Kier alpha value is -3.34. The van der Waals surface area contributed by atoms with E-state index >= 15 is 0 Å². The van der Waals surface area contributed by atoms with Gasteiger partial charge in [-0.3, -0.25) is 24.2 Å². The first-order chi connectivity index (χ1) is 17.8. The van der Waals surface area contributed by atoms with Gasteiger partial charge in [0.15, 0.2) is 0 Å². The van der Waals surface area contributed by atoms with E-state index in [0.717, 1.165) is 15.7 Å². The molecule has 9 nitrogen and oxygen atoms in total. The number of hydrogen-bond acceptors (Lipinski definition) is 7. The standard InChI is InChI=1S/C27H25BrN4O5/c1-30-19-6-4-3-5-18(19)27-13-17(14-33)32(23(34)15-7-9-16(28)10-8-15)26(27)29-21-20(22(27)30)24(35)31(25(21)36)11-12-37-2/h3-10,17,22,33H,11-14H2,1-2H3. The van der Waals surface area contributed by atoms with Crippen LogP contribution in [0.3, 0.4) is 0 Å². The molecule has 2 aromatic rings. The molecule has 1 saturated heterocycles. The summed E-state index contributed by atoms with van der Waals surface area (Å²) >= 11 is 3.40. The van der Waals surface area contributed by atoms with Crippen LogP contribution in [0.2, 0.25) is 0 Å². The molecular formula is C27H25BrN4O5. The minimum atomic E-state index is -0.879. The normalized spacial score (nSPS) is 25.8. The van der Waals surface area contributed by atoms with Crippen molar-refractivity contribution in [3.63, 3.8) is 0 Å². The first-order valence-corrected chi connectivity index (χ1v) is 12.8. The fraction of sp³-hybridized carbons (Fsp3) is 0.333. The molecule has 1 spiro atoms. The monoisotopic (exact) mass is 564 g/mol. The van der Waals surface area contributed by atoms with Gasteiger partial charge in [-0.15, -0.1) is 0 Å². The maximum Gasteiger partial charge on any atom is 0.280 e. The van der Waals surface area contributed by atoms with Crippen LogP contribution < -0.4 is 4.90 Å². The Labute approximate surface area is 222 Å². The van der Waals surface area contributed by atoms with Crippen LogP contribution in [-0.4, -0.2) is 84.5 Å². The van der Waals surface area contributed by atoms with Gasteiger partial charge in [0.05, 0.1) is 42.8 Å². The molecule has 4 aliphatic heterocycles. The number of aliphatic hydroxyl groups is 1. The van der Waals surface area contributed by atoms with Gasteiger partial charge in [-0.05, 0) is 42.3 Å². The molecule has 0 aliphatic carbocycles. The molecule has 4 heterocycles. The van der Waals surface area contributed by atoms with Crippen molar-refractivity contribution in [1.82, 2.24) is 9.80 Å². The number of aliphatic imine (C=N–C) groups is 1. The molecule has 10 heteroatoms. The Morgan fingerprint density at radius 1 is 1.16 bits per heavy atom. The number of para-hydroxylation sites is 1. The van der Waals surface area contributed by atoms with E-state index in [1.807, 2.05) is 36.2 Å². The summed E-state index contributed by atoms with van der Waals surface area (Å²) in [5.41, 5.74) is 1.78. The minimum absolute atomic E-state index is 0.0589. The van der Waals surface area contributed by atoms with E-state index in [9.17, 15) is 19.5 Å². The van der Waals surface area contributed by atoms with Crippen molar-refractivity contribution in [2.45, 2.75) is 23.9 Å². The maximum absolute atomic E-state index is 13.9. The molecule has 0 saturated carbocycles. The molecule has 0 bridgehead atoms. The third-order valence-electron chi connectivity index (χ3n) is 7.88. The summed E-state index contributed by atoms with van der Waals surface area (Å²) in [5.74, 6) is -0.798. The van der Waals surface area contributed by atoms with E-state index in [2.05, 4.69) is 15.9 Å². The van der Waals surface area contributed by atoms with Crippen LogP contribution in [0.25, 0.3) is 0 Å². The lowest BCUT2D eigenvalue weighted by Crippen LogP contribution is -2.54. The number of imide groups is 1. The Bertz CT molecular complexity index is 1400. The van der Waals surface area contributed by atoms with Crippen LogP contribution in [0.5, 0.6) is 0 Å². The van der Waals surface area contributed by atoms with Crippen LogP contribution >= 0.6 is 15.9 Å². The number of amidine groups is 1. The number of likely N-dealkylation sites (N-methyl/N-ethyl adjacent to an activating group) is 1. The highest BCUT2D eigenvalue weighted by Crippen LogP contribution is 2.58. The number of nitrogens with zero attached hydrogens (tertiary/aromatic N) is 4. The molecule has 3 atom stereocenters. The van der Waals surface area contributed by atoms with Gasteiger partial charge in [0.1, 0.15) is 11.5 Å². The first-order valence-electron chi connectivity index (χ1n) is 12.1. The largest absolute Gasteiger partial charge is 0.394 e. The highest BCUT2D eigenvalue weighted by atomic mass is 79.9. The molecular weight excluding hydrogens is 540 g/mol. The molecule has 2 aromatic carbocycles. The van der Waals surface area contributed by atoms with E-state index < -0.39 is 23.4 Å². The third-order valence-corrected chi connectivity index (χ3v) is 8.41. The first kappa shape index (κ1) is 24.0. The maximum atomic E-state index is 13.9. The molecule has 3 unspecified atom stereocenters. The van der Waals surface area contributed by atoms with Gasteiger partial charge in [-0.1, -0.05) is 34.1 Å².